The molecule has 11 heteroatoms. The Morgan fingerprint density at radius 2 is 0.925 bits per heavy atom. The molecule has 5 rings (SSSR count). The minimum Gasteiger partial charge on any atom is -0.459 e. The number of ether oxygens (including phenoxy) is 6. The van der Waals surface area contributed by atoms with E-state index in [1.807, 2.05) is 24.3 Å². The Morgan fingerprint density at radius 1 is 0.509 bits per heavy atom. The van der Waals surface area contributed by atoms with Gasteiger partial charge in [-0.25, -0.2) is 19.2 Å². The van der Waals surface area contributed by atoms with E-state index in [0.29, 0.717) is 11.1 Å². The van der Waals surface area contributed by atoms with Crippen molar-refractivity contribution < 1.29 is 47.6 Å². The van der Waals surface area contributed by atoms with Gasteiger partial charge in [0.15, 0.2) is 17.0 Å². The molecule has 1 atom stereocenters. The number of hydrogen-bond acceptors (Lipinski definition) is 10. The van der Waals surface area contributed by atoms with E-state index in [0.717, 1.165) is 16.7 Å². The maximum Gasteiger partial charge on any atom is 0.514 e. The summed E-state index contributed by atoms with van der Waals surface area (Å²) < 4.78 is 32.6. The van der Waals surface area contributed by atoms with Gasteiger partial charge in [0.25, 0.3) is 0 Å². The molecular weight excluding hydrogens is 678 g/mol. The van der Waals surface area contributed by atoms with Crippen LogP contribution in [0.3, 0.4) is 0 Å². The summed E-state index contributed by atoms with van der Waals surface area (Å²) in [5, 5.41) is 2.62. The highest BCUT2D eigenvalue weighted by Gasteiger charge is 2.40. The highest BCUT2D eigenvalue weighted by atomic mass is 16.7. The lowest BCUT2D eigenvalue weighted by atomic mass is 9.90. The molecule has 53 heavy (non-hydrogen) atoms. The largest absolute Gasteiger partial charge is 0.514 e. The number of nitrogens with one attached hydrogen (secondary N) is 1. The highest BCUT2D eigenvalue weighted by Crippen LogP contribution is 2.32. The first-order valence-electron chi connectivity index (χ1n) is 16.6. The normalized spacial score (nSPS) is 11.5. The van der Waals surface area contributed by atoms with Crippen LogP contribution in [0.4, 0.5) is 14.4 Å². The van der Waals surface area contributed by atoms with Gasteiger partial charge in [-0.15, -0.1) is 6.58 Å². The molecule has 0 aliphatic heterocycles. The predicted octanol–water partition coefficient (Wildman–Crippen LogP) is 8.25. The van der Waals surface area contributed by atoms with E-state index in [9.17, 15) is 19.2 Å². The van der Waals surface area contributed by atoms with Crippen LogP contribution in [0.15, 0.2) is 152 Å². The summed E-state index contributed by atoms with van der Waals surface area (Å²) in [7, 11) is 0. The lowest BCUT2D eigenvalue weighted by molar-refractivity contribution is -0.150. The molecule has 11 nitrogen and oxygen atoms in total. The first-order chi connectivity index (χ1) is 25.8. The Kier molecular flexibility index (Phi) is 13.3. The highest BCUT2D eigenvalue weighted by molar-refractivity contribution is 5.88. The van der Waals surface area contributed by atoms with E-state index in [2.05, 4.69) is 11.9 Å². The number of carbonyl (C=O) groups excluding carboxylic acids is 4. The molecule has 0 aliphatic carbocycles. The van der Waals surface area contributed by atoms with Gasteiger partial charge < -0.3 is 33.7 Å². The Bertz CT molecular complexity index is 1970. The average molecular weight is 716 g/mol. The van der Waals surface area contributed by atoms with E-state index >= 15 is 0 Å². The molecule has 0 bridgehead atoms. The number of rotatable bonds is 15. The molecule has 0 radical (unpaired) electrons. The summed E-state index contributed by atoms with van der Waals surface area (Å²) in [4.78, 5) is 52.5. The SMILES string of the molecule is C=CC(Cc1ccc(OC(=O)OCc2ccccc2)c(OC(=O)OCc2ccccc2)c1)(NC(=O)OCc1ccccc1)C(=O)OCc1ccccc1. The number of benzene rings is 5. The molecule has 1 N–H and O–H groups in total. The van der Waals surface area contributed by atoms with Crippen molar-refractivity contribution in [2.45, 2.75) is 38.4 Å². The average Bonchev–Trinajstić information content (AvgIpc) is 3.20. The van der Waals surface area contributed by atoms with E-state index in [1.165, 1.54) is 24.3 Å². The summed E-state index contributed by atoms with van der Waals surface area (Å²) >= 11 is 0. The molecule has 5 aromatic rings. The third-order valence-corrected chi connectivity index (χ3v) is 7.74. The third kappa shape index (κ3) is 11.6. The second kappa shape index (κ2) is 18.9. The van der Waals surface area contributed by atoms with Gasteiger partial charge in [0.05, 0.1) is 0 Å². The molecule has 0 aromatic heterocycles. The summed E-state index contributed by atoms with van der Waals surface area (Å²) in [6.07, 6.45) is -2.05. The fourth-order valence-corrected chi connectivity index (χ4v) is 4.99. The van der Waals surface area contributed by atoms with Crippen molar-refractivity contribution in [3.05, 3.63) is 180 Å². The van der Waals surface area contributed by atoms with Gasteiger partial charge in [0.1, 0.15) is 26.4 Å². The van der Waals surface area contributed by atoms with Crippen LogP contribution < -0.4 is 14.8 Å². The second-order valence-corrected chi connectivity index (χ2v) is 11.6. The molecule has 0 saturated heterocycles. The van der Waals surface area contributed by atoms with Crippen molar-refractivity contribution in [3.8, 4) is 11.5 Å². The van der Waals surface area contributed by atoms with Gasteiger partial charge in [-0.3, -0.25) is 0 Å². The monoisotopic (exact) mass is 715 g/mol. The minimum atomic E-state index is -1.86. The fourth-order valence-electron chi connectivity index (χ4n) is 4.99. The van der Waals surface area contributed by atoms with Crippen molar-refractivity contribution in [2.75, 3.05) is 0 Å². The quantitative estimate of drug-likeness (QED) is 0.0488. The van der Waals surface area contributed by atoms with E-state index < -0.39 is 29.9 Å². The summed E-state index contributed by atoms with van der Waals surface area (Å²) in [6.45, 7) is 3.54. The first kappa shape index (κ1) is 37.4. The van der Waals surface area contributed by atoms with Crippen molar-refractivity contribution in [1.82, 2.24) is 5.32 Å². The molecule has 0 fully saturated rings. The Balaban J connectivity index is 1.38. The molecule has 0 heterocycles. The van der Waals surface area contributed by atoms with Crippen LogP contribution in [0.5, 0.6) is 11.5 Å². The summed E-state index contributed by atoms with van der Waals surface area (Å²) in [5.41, 5.74) is 1.39. The van der Waals surface area contributed by atoms with Crippen molar-refractivity contribution in [1.29, 1.82) is 0 Å². The van der Waals surface area contributed by atoms with Crippen LogP contribution in [0.2, 0.25) is 0 Å². The predicted molar refractivity (Wildman–Crippen MR) is 194 cm³/mol. The van der Waals surface area contributed by atoms with E-state index in [4.69, 9.17) is 28.4 Å². The van der Waals surface area contributed by atoms with Gasteiger partial charge in [0, 0.05) is 6.42 Å². The number of carbonyl (C=O) groups is 4. The van der Waals surface area contributed by atoms with Gasteiger partial charge in [-0.2, -0.15) is 0 Å². The maximum atomic E-state index is 13.8. The van der Waals surface area contributed by atoms with E-state index in [-0.39, 0.29) is 44.3 Å². The minimum absolute atomic E-state index is 0.0611. The van der Waals surface area contributed by atoms with Crippen molar-refractivity contribution in [3.63, 3.8) is 0 Å². The molecule has 270 valence electrons. The molecular formula is C42H37NO10. The van der Waals surface area contributed by atoms with E-state index in [1.54, 1.807) is 97.1 Å². The van der Waals surface area contributed by atoms with Crippen LogP contribution in [0, 0.1) is 0 Å². The van der Waals surface area contributed by atoms with Gasteiger partial charge in [-0.05, 0) is 39.9 Å². The van der Waals surface area contributed by atoms with Gasteiger partial charge >= 0.3 is 24.4 Å². The molecule has 0 aliphatic rings. The van der Waals surface area contributed by atoms with Crippen LogP contribution in [0.1, 0.15) is 27.8 Å². The van der Waals surface area contributed by atoms with Crippen LogP contribution in [-0.4, -0.2) is 29.9 Å². The zero-order valence-corrected chi connectivity index (χ0v) is 28.7. The maximum absolute atomic E-state index is 13.8. The van der Waals surface area contributed by atoms with Crippen LogP contribution >= 0.6 is 0 Å². The number of alkyl carbamates (subject to hydrolysis) is 1. The number of esters is 1. The second-order valence-electron chi connectivity index (χ2n) is 11.6. The number of amides is 1. The lowest BCUT2D eigenvalue weighted by Gasteiger charge is -2.29. The smallest absolute Gasteiger partial charge is 0.459 e. The zero-order chi connectivity index (χ0) is 37.3. The Morgan fingerprint density at radius 3 is 1.38 bits per heavy atom. The molecule has 0 spiro atoms. The molecule has 0 saturated carbocycles. The molecule has 1 unspecified atom stereocenters. The molecule has 1 amide bonds. The standard InChI is InChI=1S/C42H37NO10/c1-2-42(38(44)48-27-31-15-7-3-8-16-31,43-39(45)49-28-32-17-9-4-10-18-32)26-35-23-24-36(52-40(46)50-29-33-19-11-5-12-20-33)37(25-35)53-41(47)51-30-34-21-13-6-14-22-34/h2-25H,1,26-30H2,(H,43,45). The van der Waals surface area contributed by atoms with Gasteiger partial charge in [0.2, 0.25) is 0 Å². The summed E-state index contributed by atoms with van der Waals surface area (Å²) in [6, 6.07) is 40.2. The fraction of sp³-hybridized carbons (Fsp3) is 0.143. The number of hydrogen-bond donors (Lipinski definition) is 1. The Hall–Kier alpha value is -6.88. The van der Waals surface area contributed by atoms with Crippen molar-refractivity contribution in [2.24, 2.45) is 0 Å². The van der Waals surface area contributed by atoms with Gasteiger partial charge in [-0.1, -0.05) is 133 Å². The molecule has 5 aromatic carbocycles. The summed E-state index contributed by atoms with van der Waals surface area (Å²) in [5.74, 6) is -1.23. The Labute approximate surface area is 306 Å². The third-order valence-electron chi connectivity index (χ3n) is 7.74. The van der Waals surface area contributed by atoms with Crippen LogP contribution in [-0.2, 0) is 56.6 Å². The zero-order valence-electron chi connectivity index (χ0n) is 28.7. The lowest BCUT2D eigenvalue weighted by Crippen LogP contribution is -2.55. The van der Waals surface area contributed by atoms with Crippen LogP contribution in [0.25, 0.3) is 0 Å². The van der Waals surface area contributed by atoms with Crippen molar-refractivity contribution >= 4 is 24.4 Å². The topological polar surface area (TPSA) is 136 Å². The first-order valence-corrected chi connectivity index (χ1v) is 16.6.